The molecular weight excluding hydrogens is 401 g/mol. The molecule has 5 rings (SSSR count). The van der Waals surface area contributed by atoms with Crippen LogP contribution in [0.1, 0.15) is 86.3 Å². The first-order valence-corrected chi connectivity index (χ1v) is 12.3. The van der Waals surface area contributed by atoms with Crippen LogP contribution >= 0.6 is 0 Å². The Labute approximate surface area is 193 Å². The Hall–Kier alpha value is -1.44. The molecule has 1 saturated carbocycles. The number of carbonyl (C=O) groups excluding carboxylic acids is 1. The van der Waals surface area contributed by atoms with Crippen molar-refractivity contribution in [2.45, 2.75) is 109 Å². The van der Waals surface area contributed by atoms with Crippen LogP contribution in [0.3, 0.4) is 0 Å². The minimum absolute atomic E-state index is 0.158. The maximum absolute atomic E-state index is 13.7. The molecule has 0 N–H and O–H groups in total. The summed E-state index contributed by atoms with van der Waals surface area (Å²) in [5.41, 5.74) is 1.08. The molecule has 0 spiro atoms. The molecule has 0 aromatic carbocycles. The molecule has 3 fully saturated rings. The standard InChI is InChI=1S/C25H38BN3O3/c1-22(2)20-19(13-17(16-27-20)26-31-23(3,4)24(5,6)32-26)29(21(22)30)25(7)14-18(15-25)28-11-9-8-10-12-28/h13,16,18H,8-12,14-15H2,1-7H3/t18-,25+. The normalized spacial score (nSPS) is 33.3. The van der Waals surface area contributed by atoms with Gasteiger partial charge in [-0.1, -0.05) is 6.42 Å². The first kappa shape index (κ1) is 22.4. The van der Waals surface area contributed by atoms with E-state index in [0.717, 1.165) is 29.7 Å². The van der Waals surface area contributed by atoms with Crippen molar-refractivity contribution in [1.29, 1.82) is 0 Å². The molecule has 174 valence electrons. The molecule has 0 radical (unpaired) electrons. The highest BCUT2D eigenvalue weighted by molar-refractivity contribution is 6.62. The maximum atomic E-state index is 13.7. The summed E-state index contributed by atoms with van der Waals surface area (Å²) in [6.07, 6.45) is 7.82. The predicted molar refractivity (Wildman–Crippen MR) is 127 cm³/mol. The van der Waals surface area contributed by atoms with Gasteiger partial charge in [-0.2, -0.15) is 0 Å². The Kier molecular flexibility index (Phi) is 4.92. The van der Waals surface area contributed by atoms with Crippen LogP contribution in [0.4, 0.5) is 5.69 Å². The number of piperidine rings is 1. The Balaban J connectivity index is 1.44. The van der Waals surface area contributed by atoms with E-state index in [1.807, 2.05) is 20.0 Å². The number of fused-ring (bicyclic) bond motifs is 1. The van der Waals surface area contributed by atoms with E-state index in [0.29, 0.717) is 6.04 Å². The van der Waals surface area contributed by atoms with Gasteiger partial charge in [0.25, 0.3) is 0 Å². The largest absolute Gasteiger partial charge is 0.496 e. The van der Waals surface area contributed by atoms with Gasteiger partial charge in [-0.25, -0.2) is 0 Å². The molecule has 6 nitrogen and oxygen atoms in total. The van der Waals surface area contributed by atoms with Crippen molar-refractivity contribution in [3.8, 4) is 0 Å². The molecule has 3 aliphatic heterocycles. The van der Waals surface area contributed by atoms with E-state index in [9.17, 15) is 4.79 Å². The molecule has 1 aromatic rings. The van der Waals surface area contributed by atoms with Crippen LogP contribution in [0.5, 0.6) is 0 Å². The molecule has 4 aliphatic rings. The number of carbonyl (C=O) groups is 1. The third-order valence-electron chi connectivity index (χ3n) is 8.78. The van der Waals surface area contributed by atoms with Gasteiger partial charge < -0.3 is 19.1 Å². The topological polar surface area (TPSA) is 54.9 Å². The maximum Gasteiger partial charge on any atom is 0.496 e. The lowest BCUT2D eigenvalue weighted by Gasteiger charge is -2.55. The Morgan fingerprint density at radius 3 is 2.16 bits per heavy atom. The second-order valence-electron chi connectivity index (χ2n) is 12.1. The number of hydrogen-bond acceptors (Lipinski definition) is 5. The lowest BCUT2D eigenvalue weighted by Crippen LogP contribution is -2.64. The van der Waals surface area contributed by atoms with Gasteiger partial charge in [0.1, 0.15) is 0 Å². The monoisotopic (exact) mass is 439 g/mol. The minimum atomic E-state index is -0.622. The third kappa shape index (κ3) is 3.18. The molecule has 4 heterocycles. The molecule has 7 heteroatoms. The second kappa shape index (κ2) is 7.03. The van der Waals surface area contributed by atoms with E-state index in [1.54, 1.807) is 0 Å². The Bertz CT molecular complexity index is 916. The zero-order chi connectivity index (χ0) is 23.1. The van der Waals surface area contributed by atoms with Gasteiger partial charge in [-0.05, 0) is 93.3 Å². The highest BCUT2D eigenvalue weighted by atomic mass is 16.7. The minimum Gasteiger partial charge on any atom is -0.399 e. The fourth-order valence-corrected chi connectivity index (χ4v) is 5.93. The highest BCUT2D eigenvalue weighted by Crippen LogP contribution is 2.50. The van der Waals surface area contributed by atoms with E-state index in [4.69, 9.17) is 14.3 Å². The molecule has 0 bridgehead atoms. The molecule has 0 atom stereocenters. The van der Waals surface area contributed by atoms with E-state index in [-0.39, 0.29) is 11.4 Å². The van der Waals surface area contributed by atoms with Crippen LogP contribution in [0.15, 0.2) is 12.3 Å². The fraction of sp³-hybridized carbons (Fsp3) is 0.760. The van der Waals surface area contributed by atoms with Gasteiger partial charge in [-0.15, -0.1) is 0 Å². The highest BCUT2D eigenvalue weighted by Gasteiger charge is 2.58. The van der Waals surface area contributed by atoms with Crippen LogP contribution in [-0.4, -0.2) is 58.8 Å². The fourth-order valence-electron chi connectivity index (χ4n) is 5.93. The number of nitrogens with zero attached hydrogens (tertiary/aromatic N) is 3. The van der Waals surface area contributed by atoms with Crippen LogP contribution < -0.4 is 10.4 Å². The van der Waals surface area contributed by atoms with Crippen molar-refractivity contribution in [2.24, 2.45) is 0 Å². The summed E-state index contributed by atoms with van der Waals surface area (Å²) in [6.45, 7) is 16.9. The first-order chi connectivity index (χ1) is 14.9. The number of pyridine rings is 1. The van der Waals surface area contributed by atoms with Crippen LogP contribution in [0.2, 0.25) is 0 Å². The SMILES string of the molecule is CC1(C)C(=O)N([C@]2(C)C[C@H](N3CCCCC3)C2)c2cc(B3OC(C)(C)C(C)(C)O3)cnc21. The first-order valence-electron chi connectivity index (χ1n) is 12.3. The predicted octanol–water partition coefficient (Wildman–Crippen LogP) is 3.41. The second-order valence-corrected chi connectivity index (χ2v) is 12.1. The van der Waals surface area contributed by atoms with Crippen molar-refractivity contribution >= 4 is 24.2 Å². The molecule has 32 heavy (non-hydrogen) atoms. The molecule has 1 amide bonds. The summed E-state index contributed by atoms with van der Waals surface area (Å²) in [5.74, 6) is 0.158. The van der Waals surface area contributed by atoms with Crippen molar-refractivity contribution in [1.82, 2.24) is 9.88 Å². The van der Waals surface area contributed by atoms with Crippen molar-refractivity contribution in [3.63, 3.8) is 0 Å². The van der Waals surface area contributed by atoms with Crippen LogP contribution in [-0.2, 0) is 19.5 Å². The van der Waals surface area contributed by atoms with Gasteiger partial charge in [0.05, 0.1) is 28.0 Å². The average molecular weight is 439 g/mol. The third-order valence-corrected chi connectivity index (χ3v) is 8.78. The van der Waals surface area contributed by atoms with E-state index >= 15 is 0 Å². The molecule has 2 saturated heterocycles. The lowest BCUT2D eigenvalue weighted by atomic mass is 9.71. The van der Waals surface area contributed by atoms with E-state index in [2.05, 4.69) is 50.5 Å². The van der Waals surface area contributed by atoms with Crippen molar-refractivity contribution in [3.05, 3.63) is 18.0 Å². The van der Waals surface area contributed by atoms with Gasteiger partial charge in [-0.3, -0.25) is 9.78 Å². The summed E-state index contributed by atoms with van der Waals surface area (Å²) in [7, 11) is -0.478. The number of likely N-dealkylation sites (tertiary alicyclic amines) is 1. The average Bonchev–Trinajstić information content (AvgIpc) is 3.05. The van der Waals surface area contributed by atoms with Gasteiger partial charge in [0.15, 0.2) is 0 Å². The lowest BCUT2D eigenvalue weighted by molar-refractivity contribution is -0.124. The summed E-state index contributed by atoms with van der Waals surface area (Å²) >= 11 is 0. The van der Waals surface area contributed by atoms with Gasteiger partial charge in [0, 0.05) is 23.2 Å². The number of anilines is 1. The smallest absolute Gasteiger partial charge is 0.399 e. The number of aromatic nitrogens is 1. The van der Waals surface area contributed by atoms with Crippen LogP contribution in [0, 0.1) is 0 Å². The zero-order valence-corrected chi connectivity index (χ0v) is 20.8. The summed E-state index contributed by atoms with van der Waals surface area (Å²) < 4.78 is 12.5. The zero-order valence-electron chi connectivity index (χ0n) is 20.8. The van der Waals surface area contributed by atoms with Crippen LogP contribution in [0.25, 0.3) is 0 Å². The quantitative estimate of drug-likeness (QED) is 0.676. The van der Waals surface area contributed by atoms with Crippen molar-refractivity contribution in [2.75, 3.05) is 18.0 Å². The molecule has 0 unspecified atom stereocenters. The number of hydrogen-bond donors (Lipinski definition) is 0. The van der Waals surface area contributed by atoms with Gasteiger partial charge >= 0.3 is 7.12 Å². The molecule has 1 aromatic heterocycles. The summed E-state index contributed by atoms with van der Waals surface area (Å²) in [4.78, 5) is 23.2. The van der Waals surface area contributed by atoms with E-state index in [1.165, 1.54) is 32.4 Å². The van der Waals surface area contributed by atoms with E-state index < -0.39 is 23.7 Å². The van der Waals surface area contributed by atoms with Crippen molar-refractivity contribution < 1.29 is 14.1 Å². The Morgan fingerprint density at radius 1 is 0.969 bits per heavy atom. The van der Waals surface area contributed by atoms with Gasteiger partial charge in [0.2, 0.25) is 5.91 Å². The Morgan fingerprint density at radius 2 is 1.56 bits per heavy atom. The summed E-state index contributed by atoms with van der Waals surface area (Å²) in [6, 6.07) is 2.68. The molecule has 1 aliphatic carbocycles. The molecular formula is C25H38BN3O3. The number of amides is 1. The summed E-state index contributed by atoms with van der Waals surface area (Å²) in [5, 5.41) is 0. The number of rotatable bonds is 3.